The van der Waals surface area contributed by atoms with Crippen LogP contribution in [0.2, 0.25) is 0 Å². The van der Waals surface area contributed by atoms with Gasteiger partial charge in [0.15, 0.2) is 5.78 Å². The summed E-state index contributed by atoms with van der Waals surface area (Å²) in [5.41, 5.74) is 8.36. The first-order valence-corrected chi connectivity index (χ1v) is 6.67. The molecule has 4 nitrogen and oxygen atoms in total. The zero-order valence-corrected chi connectivity index (χ0v) is 11.5. The fraction of sp³-hybridized carbons (Fsp3) is 0.118. The molecule has 2 aromatic carbocycles. The van der Waals surface area contributed by atoms with E-state index in [1.807, 2.05) is 25.1 Å². The van der Waals surface area contributed by atoms with Crippen molar-refractivity contribution in [2.75, 3.05) is 0 Å². The van der Waals surface area contributed by atoms with Gasteiger partial charge >= 0.3 is 0 Å². The average molecular weight is 278 g/mol. The van der Waals surface area contributed by atoms with E-state index >= 15 is 0 Å². The Balaban J connectivity index is 2.15. The Morgan fingerprint density at radius 1 is 0.952 bits per heavy atom. The quantitative estimate of drug-likeness (QED) is 0.871. The summed E-state index contributed by atoms with van der Waals surface area (Å²) in [4.78, 5) is 29.2. The fourth-order valence-corrected chi connectivity index (χ4v) is 2.41. The summed E-state index contributed by atoms with van der Waals surface area (Å²) in [5.74, 6) is -0.543. The van der Waals surface area contributed by atoms with Crippen molar-refractivity contribution in [3.05, 3.63) is 65.2 Å². The van der Waals surface area contributed by atoms with Crippen molar-refractivity contribution in [3.63, 3.8) is 0 Å². The first-order valence-electron chi connectivity index (χ1n) is 6.67. The van der Waals surface area contributed by atoms with Gasteiger partial charge in [0.2, 0.25) is 5.78 Å². The maximum atomic E-state index is 12.5. The second-order valence-corrected chi connectivity index (χ2v) is 5.00. The highest BCUT2D eigenvalue weighted by molar-refractivity contribution is 6.55. The number of para-hydroxylation sites is 1. The van der Waals surface area contributed by atoms with Gasteiger partial charge in [-0.15, -0.1) is 0 Å². The number of hydrogen-bond donors (Lipinski definition) is 1. The molecule has 3 rings (SSSR count). The molecule has 1 aliphatic rings. The van der Waals surface area contributed by atoms with E-state index in [4.69, 9.17) is 5.73 Å². The molecule has 4 heteroatoms. The van der Waals surface area contributed by atoms with Crippen molar-refractivity contribution in [3.8, 4) is 0 Å². The van der Waals surface area contributed by atoms with Crippen LogP contribution >= 0.6 is 0 Å². The predicted octanol–water partition coefficient (Wildman–Crippen LogP) is 2.47. The van der Waals surface area contributed by atoms with E-state index in [0.717, 1.165) is 5.56 Å². The highest BCUT2D eigenvalue weighted by atomic mass is 16.1. The van der Waals surface area contributed by atoms with Crippen LogP contribution in [0.25, 0.3) is 0 Å². The third kappa shape index (κ3) is 2.19. The molecule has 0 saturated heterocycles. The first-order chi connectivity index (χ1) is 10.1. The molecule has 1 unspecified atom stereocenters. The van der Waals surface area contributed by atoms with Crippen LogP contribution < -0.4 is 5.73 Å². The minimum absolute atomic E-state index is 0.105. The third-order valence-corrected chi connectivity index (χ3v) is 3.60. The normalized spacial score (nSPS) is 19.7. The van der Waals surface area contributed by atoms with Gasteiger partial charge < -0.3 is 5.73 Å². The molecule has 1 aliphatic carbocycles. The van der Waals surface area contributed by atoms with Crippen LogP contribution in [-0.2, 0) is 0 Å². The second kappa shape index (κ2) is 5.07. The summed E-state index contributed by atoms with van der Waals surface area (Å²) in [5, 5.41) is 0. The van der Waals surface area contributed by atoms with Gasteiger partial charge in [0.1, 0.15) is 11.8 Å². The zero-order valence-electron chi connectivity index (χ0n) is 11.5. The minimum atomic E-state index is -1.01. The molecule has 0 aromatic heterocycles. The Labute approximate surface area is 122 Å². The van der Waals surface area contributed by atoms with Gasteiger partial charge in [-0.3, -0.25) is 9.59 Å². The summed E-state index contributed by atoms with van der Waals surface area (Å²) in [7, 11) is 0. The molecule has 0 saturated carbocycles. The summed E-state index contributed by atoms with van der Waals surface area (Å²) in [6.07, 6.45) is 0. The van der Waals surface area contributed by atoms with E-state index in [2.05, 4.69) is 4.99 Å². The number of ketones is 2. The van der Waals surface area contributed by atoms with Gasteiger partial charge in [0.25, 0.3) is 0 Å². The summed E-state index contributed by atoms with van der Waals surface area (Å²) < 4.78 is 0. The monoisotopic (exact) mass is 278 g/mol. The van der Waals surface area contributed by atoms with Crippen LogP contribution in [0, 0.1) is 6.92 Å². The summed E-state index contributed by atoms with van der Waals surface area (Å²) in [6.45, 7) is 1.90. The van der Waals surface area contributed by atoms with Crippen LogP contribution in [0.4, 0.5) is 5.69 Å². The molecule has 21 heavy (non-hydrogen) atoms. The molecule has 2 aromatic rings. The highest BCUT2D eigenvalue weighted by Crippen LogP contribution is 2.23. The van der Waals surface area contributed by atoms with Gasteiger partial charge in [-0.05, 0) is 18.6 Å². The standard InChI is InChI=1S/C17H14N2O2/c1-10-6-2-5-9-13(10)19-15-14(18)16(20)11-7-3-4-8-12(11)17(15)21/h2-9,14H,18H2,1H3. The maximum absolute atomic E-state index is 12.5. The van der Waals surface area contributed by atoms with Gasteiger partial charge in [-0.25, -0.2) is 4.99 Å². The van der Waals surface area contributed by atoms with E-state index in [1.165, 1.54) is 0 Å². The topological polar surface area (TPSA) is 72.5 Å². The van der Waals surface area contributed by atoms with Crippen LogP contribution in [0.1, 0.15) is 26.3 Å². The predicted molar refractivity (Wildman–Crippen MR) is 81.4 cm³/mol. The molecule has 2 N–H and O–H groups in total. The SMILES string of the molecule is Cc1ccccc1N=C1C(=O)c2ccccc2C(=O)C1N. The van der Waals surface area contributed by atoms with Crippen molar-refractivity contribution in [1.29, 1.82) is 0 Å². The number of hydrogen-bond acceptors (Lipinski definition) is 4. The smallest absolute Gasteiger partial charge is 0.210 e. The molecule has 0 aliphatic heterocycles. The molecule has 0 bridgehead atoms. The van der Waals surface area contributed by atoms with E-state index in [-0.39, 0.29) is 17.3 Å². The summed E-state index contributed by atoms with van der Waals surface area (Å²) >= 11 is 0. The van der Waals surface area contributed by atoms with E-state index in [9.17, 15) is 9.59 Å². The lowest BCUT2D eigenvalue weighted by atomic mass is 9.85. The summed E-state index contributed by atoms with van der Waals surface area (Å²) in [6, 6.07) is 13.1. The highest BCUT2D eigenvalue weighted by Gasteiger charge is 2.35. The van der Waals surface area contributed by atoms with Crippen LogP contribution in [0.15, 0.2) is 53.5 Å². The van der Waals surface area contributed by atoms with E-state index < -0.39 is 6.04 Å². The molecular weight excluding hydrogens is 264 g/mol. The third-order valence-electron chi connectivity index (χ3n) is 3.60. The number of aliphatic imine (C=N–C) groups is 1. The number of nitrogens with two attached hydrogens (primary N) is 1. The largest absolute Gasteiger partial charge is 0.316 e. The van der Waals surface area contributed by atoms with Crippen molar-refractivity contribution in [2.24, 2.45) is 10.7 Å². The lowest BCUT2D eigenvalue weighted by Gasteiger charge is -2.21. The molecule has 0 heterocycles. The van der Waals surface area contributed by atoms with Crippen molar-refractivity contribution in [2.45, 2.75) is 13.0 Å². The Morgan fingerprint density at radius 2 is 1.57 bits per heavy atom. The number of nitrogens with zero attached hydrogens (tertiary/aromatic N) is 1. The molecule has 0 amide bonds. The second-order valence-electron chi connectivity index (χ2n) is 5.00. The number of carbonyl (C=O) groups is 2. The molecular formula is C17H14N2O2. The number of aryl methyl sites for hydroxylation is 1. The van der Waals surface area contributed by atoms with E-state index in [1.54, 1.807) is 30.3 Å². The lowest BCUT2D eigenvalue weighted by Crippen LogP contribution is -2.47. The molecule has 1 atom stereocenters. The van der Waals surface area contributed by atoms with Crippen LogP contribution in [-0.4, -0.2) is 23.3 Å². The van der Waals surface area contributed by atoms with Crippen LogP contribution in [0.5, 0.6) is 0 Å². The number of benzene rings is 2. The first kappa shape index (κ1) is 13.4. The van der Waals surface area contributed by atoms with Gasteiger partial charge in [-0.2, -0.15) is 0 Å². The number of Topliss-reactive ketones (excluding diaryl/α,β-unsaturated/α-hetero) is 2. The Hall–Kier alpha value is -2.59. The van der Waals surface area contributed by atoms with Crippen molar-refractivity contribution < 1.29 is 9.59 Å². The molecule has 0 radical (unpaired) electrons. The number of rotatable bonds is 1. The lowest BCUT2D eigenvalue weighted by molar-refractivity contribution is 0.0949. The van der Waals surface area contributed by atoms with Gasteiger partial charge in [-0.1, -0.05) is 42.5 Å². The number of fused-ring (bicyclic) bond motifs is 1. The van der Waals surface area contributed by atoms with Crippen LogP contribution in [0.3, 0.4) is 0 Å². The zero-order chi connectivity index (χ0) is 15.0. The molecule has 0 spiro atoms. The van der Waals surface area contributed by atoms with Crippen molar-refractivity contribution >= 4 is 23.0 Å². The van der Waals surface area contributed by atoms with Gasteiger partial charge in [0.05, 0.1) is 5.69 Å². The Morgan fingerprint density at radius 3 is 2.29 bits per heavy atom. The average Bonchev–Trinajstić information content (AvgIpc) is 2.51. The van der Waals surface area contributed by atoms with Crippen molar-refractivity contribution in [1.82, 2.24) is 0 Å². The fourth-order valence-electron chi connectivity index (χ4n) is 2.41. The Kier molecular flexibility index (Phi) is 3.23. The van der Waals surface area contributed by atoms with E-state index in [0.29, 0.717) is 16.8 Å². The maximum Gasteiger partial charge on any atom is 0.210 e. The van der Waals surface area contributed by atoms with Gasteiger partial charge in [0, 0.05) is 11.1 Å². The molecule has 104 valence electrons. The number of carbonyl (C=O) groups excluding carboxylic acids is 2. The minimum Gasteiger partial charge on any atom is -0.316 e. The molecule has 0 fully saturated rings. The Bertz CT molecular complexity index is 778.